The number of rotatable bonds is 7. The second kappa shape index (κ2) is 10.0. The van der Waals surface area contributed by atoms with Crippen molar-refractivity contribution in [2.24, 2.45) is 11.8 Å². The highest BCUT2D eigenvalue weighted by Gasteiger charge is 1.93. The summed E-state index contributed by atoms with van der Waals surface area (Å²) in [5, 5.41) is 0. The van der Waals surface area contributed by atoms with Gasteiger partial charge in [0.15, 0.2) is 0 Å². The molecule has 0 aromatic carbocycles. The zero-order chi connectivity index (χ0) is 11.5. The van der Waals surface area contributed by atoms with Crippen LogP contribution in [0.25, 0.3) is 0 Å². The highest BCUT2D eigenvalue weighted by Crippen LogP contribution is 1.98. The molecule has 0 aromatic heterocycles. The molecule has 0 N–H and O–H groups in total. The minimum absolute atomic E-state index is 0.427. The van der Waals surface area contributed by atoms with Crippen LogP contribution in [0.4, 0.5) is 0 Å². The third-order valence-corrected chi connectivity index (χ3v) is 1.78. The molecule has 0 amide bonds. The molecule has 0 aliphatic rings. The zero-order valence-electron chi connectivity index (χ0n) is 10.5. The smallest absolute Gasteiger partial charge is 0.107 e. The molecule has 2 heteroatoms. The summed E-state index contributed by atoms with van der Waals surface area (Å²) in [6, 6.07) is 0. The van der Waals surface area contributed by atoms with E-state index in [0.29, 0.717) is 31.7 Å². The van der Waals surface area contributed by atoms with Gasteiger partial charge >= 0.3 is 0 Å². The summed E-state index contributed by atoms with van der Waals surface area (Å²) in [5.41, 5.74) is 0. The van der Waals surface area contributed by atoms with Gasteiger partial charge in [-0.25, -0.2) is 0 Å². The fraction of sp³-hybridized carbons (Fsp3) is 0.846. The van der Waals surface area contributed by atoms with Crippen LogP contribution in [0.3, 0.4) is 0 Å². The molecule has 0 saturated heterocycles. The van der Waals surface area contributed by atoms with E-state index in [1.165, 1.54) is 0 Å². The van der Waals surface area contributed by atoms with Gasteiger partial charge in [-0.15, -0.1) is 0 Å². The Bertz CT molecular complexity index is 186. The summed E-state index contributed by atoms with van der Waals surface area (Å²) in [6.45, 7) is 11.2. The van der Waals surface area contributed by atoms with Gasteiger partial charge in [-0.2, -0.15) is 0 Å². The Morgan fingerprint density at radius 1 is 0.933 bits per heavy atom. The molecule has 0 fully saturated rings. The van der Waals surface area contributed by atoms with Crippen molar-refractivity contribution in [3.63, 3.8) is 0 Å². The van der Waals surface area contributed by atoms with Crippen LogP contribution in [-0.4, -0.2) is 26.4 Å². The summed E-state index contributed by atoms with van der Waals surface area (Å²) < 4.78 is 10.7. The molecule has 0 aromatic rings. The molecule has 0 atom stereocenters. The van der Waals surface area contributed by atoms with Crippen LogP contribution in [0.1, 0.15) is 34.1 Å². The van der Waals surface area contributed by atoms with Gasteiger partial charge in [-0.05, 0) is 12.3 Å². The topological polar surface area (TPSA) is 18.5 Å². The maximum absolute atomic E-state index is 5.40. The molecular formula is C13H24O2. The molecule has 0 bridgehead atoms. The molecule has 0 radical (unpaired) electrons. The lowest BCUT2D eigenvalue weighted by Gasteiger charge is -2.05. The zero-order valence-corrected chi connectivity index (χ0v) is 10.5. The van der Waals surface area contributed by atoms with Gasteiger partial charge in [0.25, 0.3) is 0 Å². The molecular weight excluding hydrogens is 188 g/mol. The van der Waals surface area contributed by atoms with E-state index in [1.807, 2.05) is 0 Å². The Balaban J connectivity index is 3.10. The highest BCUT2D eigenvalue weighted by atomic mass is 16.5. The first-order valence-corrected chi connectivity index (χ1v) is 5.76. The summed E-state index contributed by atoms with van der Waals surface area (Å²) in [4.78, 5) is 0. The predicted octanol–water partition coefficient (Wildman–Crippen LogP) is 2.73. The first-order valence-electron chi connectivity index (χ1n) is 5.76. The average Bonchev–Trinajstić information content (AvgIpc) is 2.14. The molecule has 15 heavy (non-hydrogen) atoms. The van der Waals surface area contributed by atoms with E-state index in [4.69, 9.17) is 9.47 Å². The fourth-order valence-electron chi connectivity index (χ4n) is 0.908. The standard InChI is InChI=1S/C13H24O2/c1-12(2)6-5-8-14-10-11-15-9-7-13(3)4/h12-13H,7-11H2,1-4H3. The molecule has 0 aliphatic carbocycles. The van der Waals surface area contributed by atoms with Crippen molar-refractivity contribution in [3.8, 4) is 11.8 Å². The molecule has 0 saturated carbocycles. The molecule has 0 unspecified atom stereocenters. The van der Waals surface area contributed by atoms with E-state index >= 15 is 0 Å². The van der Waals surface area contributed by atoms with Crippen LogP contribution in [0.15, 0.2) is 0 Å². The number of hydrogen-bond donors (Lipinski definition) is 0. The molecule has 88 valence electrons. The van der Waals surface area contributed by atoms with Crippen molar-refractivity contribution in [2.75, 3.05) is 26.4 Å². The van der Waals surface area contributed by atoms with Gasteiger partial charge in [0.05, 0.1) is 13.2 Å². The molecule has 0 spiro atoms. The Labute approximate surface area is 94.3 Å². The summed E-state index contributed by atoms with van der Waals surface area (Å²) in [7, 11) is 0. The van der Waals surface area contributed by atoms with Crippen molar-refractivity contribution >= 4 is 0 Å². The minimum Gasteiger partial charge on any atom is -0.379 e. The largest absolute Gasteiger partial charge is 0.379 e. The average molecular weight is 212 g/mol. The third kappa shape index (κ3) is 13.5. The maximum atomic E-state index is 5.40. The second-order valence-corrected chi connectivity index (χ2v) is 4.32. The van der Waals surface area contributed by atoms with Gasteiger partial charge in [-0.3, -0.25) is 0 Å². The van der Waals surface area contributed by atoms with Gasteiger partial charge < -0.3 is 9.47 Å². The van der Waals surface area contributed by atoms with E-state index in [-0.39, 0.29) is 0 Å². The van der Waals surface area contributed by atoms with E-state index in [1.54, 1.807) is 0 Å². The third-order valence-electron chi connectivity index (χ3n) is 1.78. The summed E-state index contributed by atoms with van der Waals surface area (Å²) >= 11 is 0. The summed E-state index contributed by atoms with van der Waals surface area (Å²) in [5.74, 6) is 7.15. The minimum atomic E-state index is 0.427. The Hall–Kier alpha value is -0.520. The highest BCUT2D eigenvalue weighted by molar-refractivity contribution is 5.01. The Morgan fingerprint density at radius 2 is 1.60 bits per heavy atom. The lowest BCUT2D eigenvalue weighted by atomic mass is 10.1. The molecule has 0 heterocycles. The molecule has 2 nitrogen and oxygen atoms in total. The monoisotopic (exact) mass is 212 g/mol. The van der Waals surface area contributed by atoms with Crippen molar-refractivity contribution in [1.29, 1.82) is 0 Å². The first-order chi connectivity index (χ1) is 7.13. The van der Waals surface area contributed by atoms with Crippen LogP contribution in [-0.2, 0) is 9.47 Å². The lowest BCUT2D eigenvalue weighted by Crippen LogP contribution is -2.06. The van der Waals surface area contributed by atoms with Gasteiger partial charge in [0.2, 0.25) is 0 Å². The lowest BCUT2D eigenvalue weighted by molar-refractivity contribution is 0.0556. The van der Waals surface area contributed by atoms with Gasteiger partial charge in [-0.1, -0.05) is 39.5 Å². The van der Waals surface area contributed by atoms with Crippen LogP contribution in [0.5, 0.6) is 0 Å². The van der Waals surface area contributed by atoms with Crippen molar-refractivity contribution < 1.29 is 9.47 Å². The molecule has 0 rings (SSSR count). The predicted molar refractivity (Wildman–Crippen MR) is 63.7 cm³/mol. The van der Waals surface area contributed by atoms with Crippen LogP contribution in [0, 0.1) is 23.7 Å². The first kappa shape index (κ1) is 14.5. The number of ether oxygens (including phenoxy) is 2. The van der Waals surface area contributed by atoms with E-state index in [9.17, 15) is 0 Å². The Kier molecular flexibility index (Phi) is 9.67. The van der Waals surface area contributed by atoms with Crippen LogP contribution >= 0.6 is 0 Å². The van der Waals surface area contributed by atoms with Crippen LogP contribution in [0.2, 0.25) is 0 Å². The van der Waals surface area contributed by atoms with Gasteiger partial charge in [0.1, 0.15) is 6.61 Å². The summed E-state index contributed by atoms with van der Waals surface area (Å²) in [6.07, 6.45) is 1.12. The quantitative estimate of drug-likeness (QED) is 0.477. The van der Waals surface area contributed by atoms with Crippen molar-refractivity contribution in [2.45, 2.75) is 34.1 Å². The molecule has 0 aliphatic heterocycles. The van der Waals surface area contributed by atoms with E-state index < -0.39 is 0 Å². The van der Waals surface area contributed by atoms with Crippen molar-refractivity contribution in [3.05, 3.63) is 0 Å². The van der Waals surface area contributed by atoms with E-state index in [2.05, 4.69) is 39.5 Å². The maximum Gasteiger partial charge on any atom is 0.107 e. The number of hydrogen-bond acceptors (Lipinski definition) is 2. The second-order valence-electron chi connectivity index (χ2n) is 4.32. The van der Waals surface area contributed by atoms with Crippen molar-refractivity contribution in [1.82, 2.24) is 0 Å². The fourth-order valence-corrected chi connectivity index (χ4v) is 0.908. The van der Waals surface area contributed by atoms with E-state index in [0.717, 1.165) is 13.0 Å². The normalized spacial score (nSPS) is 10.5. The van der Waals surface area contributed by atoms with Gasteiger partial charge in [0, 0.05) is 12.5 Å². The SMILES string of the molecule is CC(C)C#CCOCCOCCC(C)C. The Morgan fingerprint density at radius 3 is 2.20 bits per heavy atom. The van der Waals surface area contributed by atoms with Crippen LogP contribution < -0.4 is 0 Å².